The minimum atomic E-state index is -0.165. The Morgan fingerprint density at radius 3 is 2.70 bits per heavy atom. The molecule has 0 saturated carbocycles. The number of hydrogen-bond donors (Lipinski definition) is 1. The lowest BCUT2D eigenvalue weighted by atomic mass is 10.1. The Kier molecular flexibility index (Phi) is 4.93. The van der Waals surface area contributed by atoms with Crippen LogP contribution in [0.4, 0.5) is 0 Å². The molecule has 0 unspecified atom stereocenters. The average Bonchev–Trinajstić information content (AvgIpc) is 2.44. The van der Waals surface area contributed by atoms with Gasteiger partial charge in [-0.3, -0.25) is 4.79 Å². The minimum Gasteiger partial charge on any atom is -0.477 e. The standard InChI is InChI=1S/C16H20N2O2/c1-12(2)16-17-14(19)11-15(18-16)20-10-6-9-13-7-4-3-5-8-13/h3-5,7-8,11-12H,6,9-10H2,1-2H3,(H,17,18,19). The summed E-state index contributed by atoms with van der Waals surface area (Å²) in [5, 5.41) is 0. The molecule has 2 rings (SSSR count). The van der Waals surface area contributed by atoms with Crippen molar-refractivity contribution in [1.82, 2.24) is 9.97 Å². The second-order valence-electron chi connectivity index (χ2n) is 5.06. The molecule has 0 atom stereocenters. The maximum atomic E-state index is 11.5. The summed E-state index contributed by atoms with van der Waals surface area (Å²) >= 11 is 0. The Labute approximate surface area is 118 Å². The summed E-state index contributed by atoms with van der Waals surface area (Å²) in [6, 6.07) is 11.7. The molecule has 1 heterocycles. The Bertz CT molecular complexity index is 591. The van der Waals surface area contributed by atoms with Crippen LogP contribution in [0.5, 0.6) is 5.88 Å². The van der Waals surface area contributed by atoms with E-state index in [2.05, 4.69) is 22.1 Å². The topological polar surface area (TPSA) is 55.0 Å². The van der Waals surface area contributed by atoms with Gasteiger partial charge in [0.15, 0.2) is 0 Å². The quantitative estimate of drug-likeness (QED) is 0.823. The van der Waals surface area contributed by atoms with E-state index in [1.54, 1.807) is 0 Å². The summed E-state index contributed by atoms with van der Waals surface area (Å²) in [6.07, 6.45) is 1.86. The van der Waals surface area contributed by atoms with E-state index in [0.717, 1.165) is 12.8 Å². The number of H-pyrrole nitrogens is 1. The number of ether oxygens (including phenoxy) is 1. The highest BCUT2D eigenvalue weighted by Crippen LogP contribution is 2.11. The van der Waals surface area contributed by atoms with Gasteiger partial charge >= 0.3 is 0 Å². The number of hydrogen-bond acceptors (Lipinski definition) is 3. The third kappa shape index (κ3) is 4.23. The van der Waals surface area contributed by atoms with Crippen molar-refractivity contribution in [3.63, 3.8) is 0 Å². The van der Waals surface area contributed by atoms with Crippen LogP contribution in [0, 0.1) is 0 Å². The van der Waals surface area contributed by atoms with Crippen LogP contribution in [0.15, 0.2) is 41.2 Å². The van der Waals surface area contributed by atoms with Gasteiger partial charge < -0.3 is 9.72 Å². The molecule has 20 heavy (non-hydrogen) atoms. The van der Waals surface area contributed by atoms with Gasteiger partial charge in [-0.1, -0.05) is 44.2 Å². The molecule has 0 amide bonds. The van der Waals surface area contributed by atoms with Gasteiger partial charge in [0.2, 0.25) is 5.88 Å². The van der Waals surface area contributed by atoms with Gasteiger partial charge in [0, 0.05) is 5.92 Å². The lowest BCUT2D eigenvalue weighted by Crippen LogP contribution is -2.13. The Hall–Kier alpha value is -2.10. The molecule has 0 aliphatic rings. The van der Waals surface area contributed by atoms with Crippen molar-refractivity contribution in [1.29, 1.82) is 0 Å². The maximum Gasteiger partial charge on any atom is 0.254 e. The summed E-state index contributed by atoms with van der Waals surface area (Å²) in [5.74, 6) is 1.25. The monoisotopic (exact) mass is 272 g/mol. The molecule has 0 radical (unpaired) electrons. The fraction of sp³-hybridized carbons (Fsp3) is 0.375. The van der Waals surface area contributed by atoms with Crippen LogP contribution in [0.2, 0.25) is 0 Å². The summed E-state index contributed by atoms with van der Waals surface area (Å²) in [6.45, 7) is 4.53. The minimum absolute atomic E-state index is 0.165. The number of rotatable bonds is 6. The number of nitrogens with one attached hydrogen (secondary N) is 1. The summed E-state index contributed by atoms with van der Waals surface area (Å²) in [5.41, 5.74) is 1.12. The first-order chi connectivity index (χ1) is 9.65. The SMILES string of the molecule is CC(C)c1nc(OCCCc2ccccc2)cc(=O)[nH]1. The van der Waals surface area contributed by atoms with Crippen LogP contribution in [-0.4, -0.2) is 16.6 Å². The van der Waals surface area contributed by atoms with Crippen LogP contribution in [-0.2, 0) is 6.42 Å². The van der Waals surface area contributed by atoms with Crippen molar-refractivity contribution in [2.45, 2.75) is 32.6 Å². The van der Waals surface area contributed by atoms with Crippen LogP contribution < -0.4 is 10.3 Å². The number of aromatic nitrogens is 2. The summed E-state index contributed by atoms with van der Waals surface area (Å²) in [7, 11) is 0. The lowest BCUT2D eigenvalue weighted by molar-refractivity contribution is 0.296. The largest absolute Gasteiger partial charge is 0.477 e. The molecule has 1 aromatic carbocycles. The first-order valence-corrected chi connectivity index (χ1v) is 6.93. The number of aryl methyl sites for hydroxylation is 1. The van der Waals surface area contributed by atoms with Gasteiger partial charge in [0.25, 0.3) is 5.56 Å². The number of nitrogens with zero attached hydrogens (tertiary/aromatic N) is 1. The molecule has 0 bridgehead atoms. The molecule has 2 aromatic rings. The van der Waals surface area contributed by atoms with Crippen molar-refractivity contribution in [3.05, 3.63) is 58.1 Å². The third-order valence-electron chi connectivity index (χ3n) is 2.99. The lowest BCUT2D eigenvalue weighted by Gasteiger charge is -2.08. The predicted octanol–water partition coefficient (Wildman–Crippen LogP) is 2.90. The molecule has 1 aromatic heterocycles. The molecule has 0 saturated heterocycles. The van der Waals surface area contributed by atoms with Gasteiger partial charge in [0.1, 0.15) is 5.82 Å². The van der Waals surface area contributed by atoms with E-state index in [1.165, 1.54) is 11.6 Å². The zero-order valence-electron chi connectivity index (χ0n) is 11.9. The summed E-state index contributed by atoms with van der Waals surface area (Å²) in [4.78, 5) is 18.5. The molecular formula is C16H20N2O2. The fourth-order valence-electron chi connectivity index (χ4n) is 1.90. The highest BCUT2D eigenvalue weighted by molar-refractivity contribution is 5.14. The van der Waals surface area contributed by atoms with Gasteiger partial charge in [-0.2, -0.15) is 4.98 Å². The van der Waals surface area contributed by atoms with E-state index in [0.29, 0.717) is 18.3 Å². The zero-order valence-corrected chi connectivity index (χ0v) is 11.9. The smallest absolute Gasteiger partial charge is 0.254 e. The van der Waals surface area contributed by atoms with E-state index >= 15 is 0 Å². The first-order valence-electron chi connectivity index (χ1n) is 6.93. The highest BCUT2D eigenvalue weighted by Gasteiger charge is 2.05. The fourth-order valence-corrected chi connectivity index (χ4v) is 1.90. The van der Waals surface area contributed by atoms with Crippen molar-refractivity contribution < 1.29 is 4.74 Å². The van der Waals surface area contributed by atoms with Gasteiger partial charge in [-0.05, 0) is 18.4 Å². The molecule has 0 aliphatic carbocycles. The van der Waals surface area contributed by atoms with Crippen LogP contribution in [0.3, 0.4) is 0 Å². The molecule has 0 spiro atoms. The number of aromatic amines is 1. The normalized spacial score (nSPS) is 10.8. The van der Waals surface area contributed by atoms with E-state index in [9.17, 15) is 4.79 Å². The third-order valence-corrected chi connectivity index (χ3v) is 2.99. The average molecular weight is 272 g/mol. The second kappa shape index (κ2) is 6.89. The molecular weight excluding hydrogens is 252 g/mol. The van der Waals surface area contributed by atoms with Crippen molar-refractivity contribution in [3.8, 4) is 5.88 Å². The van der Waals surface area contributed by atoms with E-state index < -0.39 is 0 Å². The van der Waals surface area contributed by atoms with Crippen molar-refractivity contribution in [2.24, 2.45) is 0 Å². The van der Waals surface area contributed by atoms with E-state index in [4.69, 9.17) is 4.74 Å². The van der Waals surface area contributed by atoms with E-state index in [1.807, 2.05) is 32.0 Å². The molecule has 4 nitrogen and oxygen atoms in total. The zero-order chi connectivity index (χ0) is 14.4. The highest BCUT2D eigenvalue weighted by atomic mass is 16.5. The second-order valence-corrected chi connectivity index (χ2v) is 5.06. The van der Waals surface area contributed by atoms with Crippen LogP contribution >= 0.6 is 0 Å². The molecule has 4 heteroatoms. The summed E-state index contributed by atoms with van der Waals surface area (Å²) < 4.78 is 5.57. The maximum absolute atomic E-state index is 11.5. The van der Waals surface area contributed by atoms with Gasteiger partial charge in [0.05, 0.1) is 12.7 Å². The molecule has 0 aliphatic heterocycles. The van der Waals surface area contributed by atoms with Crippen LogP contribution in [0.1, 0.15) is 37.6 Å². The van der Waals surface area contributed by atoms with Gasteiger partial charge in [-0.25, -0.2) is 0 Å². The van der Waals surface area contributed by atoms with Crippen LogP contribution in [0.25, 0.3) is 0 Å². The molecule has 0 fully saturated rings. The Morgan fingerprint density at radius 2 is 2.00 bits per heavy atom. The molecule has 1 N–H and O–H groups in total. The van der Waals surface area contributed by atoms with Crippen molar-refractivity contribution >= 4 is 0 Å². The first kappa shape index (κ1) is 14.3. The van der Waals surface area contributed by atoms with Crippen molar-refractivity contribution in [2.75, 3.05) is 6.61 Å². The Morgan fingerprint density at radius 1 is 1.25 bits per heavy atom. The number of benzene rings is 1. The van der Waals surface area contributed by atoms with Gasteiger partial charge in [-0.15, -0.1) is 0 Å². The Balaban J connectivity index is 1.86. The van der Waals surface area contributed by atoms with E-state index in [-0.39, 0.29) is 11.5 Å². The molecule has 106 valence electrons. The predicted molar refractivity (Wildman–Crippen MR) is 79.2 cm³/mol.